The predicted molar refractivity (Wildman–Crippen MR) is 271 cm³/mol. The highest BCUT2D eigenvalue weighted by atomic mass is 16.6. The van der Waals surface area contributed by atoms with E-state index in [0.29, 0.717) is 69.8 Å². The van der Waals surface area contributed by atoms with Crippen molar-refractivity contribution in [1.82, 2.24) is 4.90 Å². The number of hydrogen-bond donors (Lipinski definition) is 4. The highest BCUT2D eigenvalue weighted by Gasteiger charge is 2.53. The lowest BCUT2D eigenvalue weighted by Gasteiger charge is -2.42. The van der Waals surface area contributed by atoms with E-state index in [4.69, 9.17) is 28.4 Å². The third-order valence-electron chi connectivity index (χ3n) is 15.9. The van der Waals surface area contributed by atoms with E-state index in [9.17, 15) is 49.2 Å². The number of methoxy groups -OCH3 is 3. The first-order valence-electron chi connectivity index (χ1n) is 26.4. The van der Waals surface area contributed by atoms with Gasteiger partial charge in [0, 0.05) is 58.5 Å². The Morgan fingerprint density at radius 2 is 1.56 bits per heavy atom. The number of esters is 2. The summed E-state index contributed by atoms with van der Waals surface area (Å²) in [6, 6.07) is -1.20. The largest absolute Gasteiger partial charge is 0.460 e. The molecule has 1 amide bonds. The fraction of sp³-hybridized carbons (Fsp3) is 0.750. The van der Waals surface area contributed by atoms with Gasteiger partial charge in [-0.1, -0.05) is 71.1 Å². The van der Waals surface area contributed by atoms with Gasteiger partial charge in [-0.3, -0.25) is 24.0 Å². The van der Waals surface area contributed by atoms with Crippen LogP contribution in [0, 0.1) is 40.9 Å². The van der Waals surface area contributed by atoms with E-state index in [2.05, 4.69) is 0 Å². The first-order valence-corrected chi connectivity index (χ1v) is 26.4. The lowest BCUT2D eigenvalue weighted by molar-refractivity contribution is -0.265. The number of rotatable bonds is 10. The molecule has 73 heavy (non-hydrogen) atoms. The normalized spacial score (nSPS) is 36.3. The van der Waals surface area contributed by atoms with Crippen molar-refractivity contribution in [2.45, 2.75) is 187 Å². The molecule has 4 N–H and O–H groups in total. The van der Waals surface area contributed by atoms with Crippen molar-refractivity contribution in [1.29, 1.82) is 0 Å². The van der Waals surface area contributed by atoms with Gasteiger partial charge in [0.2, 0.25) is 5.79 Å². The summed E-state index contributed by atoms with van der Waals surface area (Å²) in [4.78, 5) is 85.4. The van der Waals surface area contributed by atoms with E-state index >= 15 is 0 Å². The molecule has 412 valence electrons. The Hall–Kier alpha value is -3.94. The summed E-state index contributed by atoms with van der Waals surface area (Å²) in [5.74, 6) is -9.36. The monoisotopic (exact) mass is 1030 g/mol. The number of aliphatic hydroxyl groups excluding tert-OH is 3. The summed E-state index contributed by atoms with van der Waals surface area (Å²) < 4.78 is 35.4. The quantitative estimate of drug-likeness (QED) is 0.116. The van der Waals surface area contributed by atoms with Crippen molar-refractivity contribution in [2.24, 2.45) is 40.9 Å². The minimum absolute atomic E-state index is 0.00697. The van der Waals surface area contributed by atoms with Crippen molar-refractivity contribution < 1.29 is 77.6 Å². The second-order valence-electron chi connectivity index (χ2n) is 21.8. The van der Waals surface area contributed by atoms with Gasteiger partial charge in [-0.05, 0) is 114 Å². The summed E-state index contributed by atoms with van der Waals surface area (Å²) in [5.41, 5.74) is -0.277. The molecule has 0 unspecified atom stereocenters. The Morgan fingerprint density at radius 3 is 2.21 bits per heavy atom. The molecule has 0 aromatic heterocycles. The molecule has 0 aromatic rings. The number of ketones is 3. The topological polar surface area (TPSA) is 242 Å². The molecular formula is C56H87NO16. The first-order chi connectivity index (χ1) is 34.5. The molecule has 2 bridgehead atoms. The van der Waals surface area contributed by atoms with Gasteiger partial charge in [0.25, 0.3) is 11.7 Å². The molecule has 3 heterocycles. The maximum atomic E-state index is 14.5. The summed E-state index contributed by atoms with van der Waals surface area (Å²) in [6.07, 6.45) is 9.76. The van der Waals surface area contributed by atoms with Crippen LogP contribution in [0.4, 0.5) is 0 Å². The average molecular weight is 1030 g/mol. The average Bonchev–Trinajstić information content (AvgIpc) is 3.37. The molecule has 3 fully saturated rings. The second-order valence-corrected chi connectivity index (χ2v) is 21.8. The van der Waals surface area contributed by atoms with E-state index < -0.39 is 120 Å². The zero-order chi connectivity index (χ0) is 54.4. The second kappa shape index (κ2) is 28.3. The molecule has 4 rings (SSSR count). The first kappa shape index (κ1) is 61.6. The molecule has 17 nitrogen and oxygen atoms in total. The van der Waals surface area contributed by atoms with Gasteiger partial charge in [0.15, 0.2) is 5.78 Å². The molecule has 0 aromatic carbocycles. The lowest BCUT2D eigenvalue weighted by Crippen LogP contribution is -2.61. The molecule has 4 aliphatic rings. The molecule has 1 aliphatic carbocycles. The minimum atomic E-state index is -2.47. The minimum Gasteiger partial charge on any atom is -0.460 e. The molecule has 0 radical (unpaired) electrons. The molecule has 0 spiro atoms. The Morgan fingerprint density at radius 1 is 0.863 bits per heavy atom. The van der Waals surface area contributed by atoms with Gasteiger partial charge in [-0.15, -0.1) is 0 Å². The summed E-state index contributed by atoms with van der Waals surface area (Å²) in [7, 11) is 4.43. The summed E-state index contributed by atoms with van der Waals surface area (Å²) in [6.45, 7) is 12.7. The summed E-state index contributed by atoms with van der Waals surface area (Å²) >= 11 is 0. The number of ether oxygens (including phenoxy) is 6. The zero-order valence-corrected chi connectivity index (χ0v) is 45.3. The molecule has 2 saturated heterocycles. The van der Waals surface area contributed by atoms with E-state index in [0.717, 1.165) is 10.5 Å². The van der Waals surface area contributed by atoms with Crippen LogP contribution < -0.4 is 0 Å². The number of hydrogen-bond acceptors (Lipinski definition) is 16. The summed E-state index contributed by atoms with van der Waals surface area (Å²) in [5, 5.41) is 43.1. The molecule has 3 aliphatic heterocycles. The fourth-order valence-electron chi connectivity index (χ4n) is 10.7. The number of Topliss-reactive ketones (excluding diaryl/α,β-unsaturated/α-hetero) is 3. The number of fused-ring (bicyclic) bond motifs is 3. The number of piperidine rings is 1. The van der Waals surface area contributed by atoms with Crippen LogP contribution >= 0.6 is 0 Å². The SMILES string of the molecule is CO[C@H]1C[C@H]2CC[C@@H](C)[C@@](O)(O2)C(=O)C(=O)N2CCCC[C@H]2C(=O)O[C@H]([C@H](C)C[C@@H]2CC[C@@H](OC(=O)C(C)(CO)CO)[C@H](OC)C2)CC(=O)[C@H](C)/C=C(\C)[C@@H](O)[C@@H](OC)C(=O)[C@H](C)C[C@H](C)/C=C/C=CC=C1C. The van der Waals surface area contributed by atoms with Gasteiger partial charge in [0.1, 0.15) is 41.7 Å². The fourth-order valence-corrected chi connectivity index (χ4v) is 10.7. The van der Waals surface area contributed by atoms with Crippen LogP contribution in [0.3, 0.4) is 0 Å². The number of nitrogens with zero attached hydrogens (tertiary/aromatic N) is 1. The highest BCUT2D eigenvalue weighted by molar-refractivity contribution is 6.39. The van der Waals surface area contributed by atoms with Crippen LogP contribution in [-0.4, -0.2) is 156 Å². The number of aliphatic hydroxyl groups is 4. The van der Waals surface area contributed by atoms with Gasteiger partial charge in [-0.25, -0.2) is 4.79 Å². The Labute approximate surface area is 433 Å². The molecular weight excluding hydrogens is 943 g/mol. The van der Waals surface area contributed by atoms with Gasteiger partial charge < -0.3 is 53.7 Å². The van der Waals surface area contributed by atoms with Crippen molar-refractivity contribution in [3.63, 3.8) is 0 Å². The standard InChI is InChI=1S/C56H87NO16/c1-33-17-13-12-14-18-34(2)45(68-9)29-41-22-20-39(7)56(67,73-41)51(63)52(64)57-24-16-15-19-42(57)53(65)71-46(30-43(60)35(3)26-38(6)49(62)50(70-11)48(61)37(5)25-33)36(4)27-40-21-23-44(47(28-40)69-10)72-54(66)55(8,31-58)32-59/h12-14,17-18,26,33,35-37,39-42,44-47,49-50,58-59,62,67H,15-16,19-25,27-32H2,1-11H3/b14-12?,17-13+,34-18?,38-26+/t33-,35-,36-,37-,39-,40+,41-,42+,44-,45+,46+,47-,49-,50+,56-/m1/s1. The van der Waals surface area contributed by atoms with Crippen molar-refractivity contribution in [2.75, 3.05) is 41.1 Å². The van der Waals surface area contributed by atoms with E-state index in [-0.39, 0.29) is 42.8 Å². The van der Waals surface area contributed by atoms with Crippen molar-refractivity contribution in [3.8, 4) is 0 Å². The Bertz CT molecular complexity index is 2010. The number of cyclic esters (lactones) is 1. The van der Waals surface area contributed by atoms with E-state index in [1.165, 1.54) is 21.1 Å². The van der Waals surface area contributed by atoms with Crippen LogP contribution in [0.25, 0.3) is 0 Å². The van der Waals surface area contributed by atoms with Crippen LogP contribution in [0.2, 0.25) is 0 Å². The number of carbonyl (C=O) groups excluding carboxylic acids is 6. The third kappa shape index (κ3) is 16.0. The number of carbonyl (C=O) groups is 6. The smallest absolute Gasteiger partial charge is 0.329 e. The number of amides is 1. The molecule has 15 atom stereocenters. The van der Waals surface area contributed by atoms with Gasteiger partial charge >= 0.3 is 11.9 Å². The Kier molecular flexibility index (Phi) is 23.9. The maximum absolute atomic E-state index is 14.5. The van der Waals surface area contributed by atoms with Gasteiger partial charge in [0.05, 0.1) is 31.5 Å². The van der Waals surface area contributed by atoms with Crippen LogP contribution in [0.15, 0.2) is 47.6 Å². The molecule has 1 saturated carbocycles. The lowest BCUT2D eigenvalue weighted by atomic mass is 9.78. The Balaban J connectivity index is 1.69. The van der Waals surface area contributed by atoms with E-state index in [1.54, 1.807) is 40.9 Å². The number of allylic oxidation sites excluding steroid dienone is 6. The van der Waals surface area contributed by atoms with Crippen molar-refractivity contribution >= 4 is 35.2 Å². The highest BCUT2D eigenvalue weighted by Crippen LogP contribution is 2.38. The van der Waals surface area contributed by atoms with Crippen LogP contribution in [-0.2, 0) is 57.2 Å². The van der Waals surface area contributed by atoms with Gasteiger partial charge in [-0.2, -0.15) is 0 Å². The van der Waals surface area contributed by atoms with Crippen LogP contribution in [0.5, 0.6) is 0 Å². The molecule has 17 heteroatoms. The zero-order valence-electron chi connectivity index (χ0n) is 45.3. The van der Waals surface area contributed by atoms with E-state index in [1.807, 2.05) is 51.2 Å². The third-order valence-corrected chi connectivity index (χ3v) is 15.9. The van der Waals surface area contributed by atoms with Crippen LogP contribution in [0.1, 0.15) is 132 Å². The predicted octanol–water partition coefficient (Wildman–Crippen LogP) is 5.72. The maximum Gasteiger partial charge on any atom is 0.329 e. The van der Waals surface area contributed by atoms with Crippen molar-refractivity contribution in [3.05, 3.63) is 47.6 Å².